The smallest absolute Gasteiger partial charge is 0.407 e. The van der Waals surface area contributed by atoms with E-state index in [1.54, 1.807) is 6.07 Å². The number of nitro benzene ring substituents is 1. The van der Waals surface area contributed by atoms with Crippen LogP contribution in [0.1, 0.15) is 18.4 Å². The van der Waals surface area contributed by atoms with Gasteiger partial charge in [0.25, 0.3) is 5.69 Å². The summed E-state index contributed by atoms with van der Waals surface area (Å²) in [5.74, 6) is 0. The molecule has 1 aliphatic carbocycles. The Morgan fingerprint density at radius 1 is 1.19 bits per heavy atom. The van der Waals surface area contributed by atoms with Gasteiger partial charge in [0, 0.05) is 28.7 Å². The normalized spacial score (nSPS) is 18.5. The number of benzene rings is 2. The second-order valence-corrected chi connectivity index (χ2v) is 6.99. The largest absolute Gasteiger partial charge is 0.445 e. The van der Waals surface area contributed by atoms with Crippen LogP contribution in [-0.4, -0.2) is 23.1 Å². The molecule has 0 spiro atoms. The van der Waals surface area contributed by atoms with Gasteiger partial charge in [0.1, 0.15) is 6.61 Å². The minimum atomic E-state index is -0.436. The lowest BCUT2D eigenvalue weighted by atomic mass is 9.86. The van der Waals surface area contributed by atoms with Crippen LogP contribution in [0.3, 0.4) is 0 Å². The quantitative estimate of drug-likeness (QED) is 0.539. The predicted molar refractivity (Wildman–Crippen MR) is 101 cm³/mol. The van der Waals surface area contributed by atoms with E-state index in [4.69, 9.17) is 4.74 Å². The number of hydrogen-bond acceptors (Lipinski definition) is 5. The number of carbonyl (C=O) groups excluding carboxylic acids is 1. The number of non-ortho nitro benzene ring substituents is 1. The first-order valence-electron chi connectivity index (χ1n) is 8.19. The van der Waals surface area contributed by atoms with E-state index in [0.29, 0.717) is 5.69 Å². The summed E-state index contributed by atoms with van der Waals surface area (Å²) in [6, 6.07) is 14.3. The molecular formula is C18H18BrN3O4. The second-order valence-electron chi connectivity index (χ2n) is 6.14. The number of rotatable bonds is 6. The van der Waals surface area contributed by atoms with Gasteiger partial charge in [0.05, 0.1) is 10.6 Å². The fourth-order valence-electron chi connectivity index (χ4n) is 2.74. The summed E-state index contributed by atoms with van der Waals surface area (Å²) in [5.41, 5.74) is 1.65. The van der Waals surface area contributed by atoms with Crippen molar-refractivity contribution < 1.29 is 14.5 Å². The molecule has 0 saturated heterocycles. The molecule has 1 fully saturated rings. The fraction of sp³-hybridized carbons (Fsp3) is 0.278. The van der Waals surface area contributed by atoms with Crippen molar-refractivity contribution in [1.29, 1.82) is 0 Å². The van der Waals surface area contributed by atoms with Crippen molar-refractivity contribution in [3.05, 3.63) is 68.7 Å². The van der Waals surface area contributed by atoms with Crippen LogP contribution in [0.25, 0.3) is 0 Å². The van der Waals surface area contributed by atoms with Gasteiger partial charge in [-0.3, -0.25) is 10.1 Å². The molecule has 3 rings (SSSR count). The number of halogens is 1. The third-order valence-corrected chi connectivity index (χ3v) is 4.88. The van der Waals surface area contributed by atoms with E-state index in [-0.39, 0.29) is 24.4 Å². The van der Waals surface area contributed by atoms with Crippen molar-refractivity contribution in [3.8, 4) is 0 Å². The predicted octanol–water partition coefficient (Wildman–Crippen LogP) is 4.23. The first-order chi connectivity index (χ1) is 12.5. The molecule has 1 saturated carbocycles. The third kappa shape index (κ3) is 4.72. The zero-order valence-corrected chi connectivity index (χ0v) is 15.4. The van der Waals surface area contributed by atoms with E-state index in [0.717, 1.165) is 22.9 Å². The van der Waals surface area contributed by atoms with Crippen molar-refractivity contribution >= 4 is 33.4 Å². The number of nitrogens with zero attached hydrogens (tertiary/aromatic N) is 1. The summed E-state index contributed by atoms with van der Waals surface area (Å²) in [5, 5.41) is 17.0. The lowest BCUT2D eigenvalue weighted by Crippen LogP contribution is -2.49. The highest BCUT2D eigenvalue weighted by Gasteiger charge is 2.31. The number of nitro groups is 1. The van der Waals surface area contributed by atoms with Gasteiger partial charge in [-0.05, 0) is 40.4 Å². The Balaban J connectivity index is 1.42. The van der Waals surface area contributed by atoms with Crippen molar-refractivity contribution in [1.82, 2.24) is 5.32 Å². The molecule has 0 aliphatic heterocycles. The first-order valence-corrected chi connectivity index (χ1v) is 8.98. The monoisotopic (exact) mass is 419 g/mol. The summed E-state index contributed by atoms with van der Waals surface area (Å²) in [6.45, 7) is 0.238. The van der Waals surface area contributed by atoms with Crippen LogP contribution in [0.15, 0.2) is 53.0 Å². The average molecular weight is 420 g/mol. The van der Waals surface area contributed by atoms with E-state index >= 15 is 0 Å². The Kier molecular flexibility index (Phi) is 5.72. The molecule has 0 heterocycles. The number of nitrogens with one attached hydrogen (secondary N) is 2. The van der Waals surface area contributed by atoms with E-state index in [2.05, 4.69) is 26.6 Å². The third-order valence-electron chi connectivity index (χ3n) is 4.19. The highest BCUT2D eigenvalue weighted by molar-refractivity contribution is 9.10. The molecule has 1 aliphatic rings. The molecule has 0 radical (unpaired) electrons. The molecule has 0 bridgehead atoms. The number of alkyl carbamates (subject to hydrolysis) is 1. The molecule has 0 aromatic heterocycles. The van der Waals surface area contributed by atoms with Gasteiger partial charge in [0.2, 0.25) is 0 Å². The zero-order valence-electron chi connectivity index (χ0n) is 13.9. The molecule has 2 aromatic carbocycles. The number of carbonyl (C=O) groups is 1. The highest BCUT2D eigenvalue weighted by atomic mass is 79.9. The molecule has 2 N–H and O–H groups in total. The summed E-state index contributed by atoms with van der Waals surface area (Å²) in [4.78, 5) is 22.3. The van der Waals surface area contributed by atoms with E-state index < -0.39 is 11.0 Å². The molecule has 7 nitrogen and oxygen atoms in total. The molecule has 8 heteroatoms. The number of hydrogen-bond donors (Lipinski definition) is 2. The molecule has 1 amide bonds. The SMILES string of the molecule is O=C(NC1CC(Nc2cc([N+](=O)[O-])ccc2Br)C1)OCc1ccccc1. The van der Waals surface area contributed by atoms with Crippen molar-refractivity contribution in [2.24, 2.45) is 0 Å². The van der Waals surface area contributed by atoms with Crippen LogP contribution >= 0.6 is 15.9 Å². The molecular weight excluding hydrogens is 402 g/mol. The van der Waals surface area contributed by atoms with E-state index in [1.807, 2.05) is 30.3 Å². The van der Waals surface area contributed by atoms with Gasteiger partial charge in [-0.15, -0.1) is 0 Å². The summed E-state index contributed by atoms with van der Waals surface area (Å²) >= 11 is 3.38. The van der Waals surface area contributed by atoms with E-state index in [1.165, 1.54) is 12.1 Å². The standard InChI is InChI=1S/C18H18BrN3O4/c19-16-7-6-15(22(24)25)10-17(16)20-13-8-14(9-13)21-18(23)26-11-12-4-2-1-3-5-12/h1-7,10,13-14,20H,8-9,11H2,(H,21,23). The lowest BCUT2D eigenvalue weighted by molar-refractivity contribution is -0.384. The Bertz CT molecular complexity index is 794. The molecule has 2 aromatic rings. The summed E-state index contributed by atoms with van der Waals surface area (Å²) in [6.07, 6.45) is 1.03. The van der Waals surface area contributed by atoms with E-state index in [9.17, 15) is 14.9 Å². The molecule has 136 valence electrons. The Hall–Kier alpha value is -2.61. The molecule has 26 heavy (non-hydrogen) atoms. The van der Waals surface area contributed by atoms with Crippen LogP contribution in [-0.2, 0) is 11.3 Å². The van der Waals surface area contributed by atoms with Gasteiger partial charge in [-0.25, -0.2) is 4.79 Å². The van der Waals surface area contributed by atoms with Crippen LogP contribution in [0.4, 0.5) is 16.2 Å². The maximum absolute atomic E-state index is 11.8. The second kappa shape index (κ2) is 8.18. The van der Waals surface area contributed by atoms with Crippen molar-refractivity contribution in [3.63, 3.8) is 0 Å². The maximum Gasteiger partial charge on any atom is 0.407 e. The fourth-order valence-corrected chi connectivity index (χ4v) is 3.10. The van der Waals surface area contributed by atoms with Crippen molar-refractivity contribution in [2.75, 3.05) is 5.32 Å². The number of amides is 1. The Morgan fingerprint density at radius 3 is 2.62 bits per heavy atom. The van der Waals surface area contributed by atoms with Crippen LogP contribution in [0.2, 0.25) is 0 Å². The lowest BCUT2D eigenvalue weighted by Gasteiger charge is -2.36. The number of ether oxygens (including phenoxy) is 1. The molecule has 0 atom stereocenters. The van der Waals surface area contributed by atoms with Crippen LogP contribution < -0.4 is 10.6 Å². The first kappa shape index (κ1) is 18.2. The van der Waals surface area contributed by atoms with Gasteiger partial charge >= 0.3 is 6.09 Å². The maximum atomic E-state index is 11.8. The minimum absolute atomic E-state index is 0.0354. The average Bonchev–Trinajstić information content (AvgIpc) is 2.60. The minimum Gasteiger partial charge on any atom is -0.445 e. The van der Waals surface area contributed by atoms with Gasteiger partial charge in [-0.2, -0.15) is 0 Å². The van der Waals surface area contributed by atoms with Gasteiger partial charge < -0.3 is 15.4 Å². The number of anilines is 1. The van der Waals surface area contributed by atoms with Crippen LogP contribution in [0, 0.1) is 10.1 Å². The summed E-state index contributed by atoms with van der Waals surface area (Å²) in [7, 11) is 0. The summed E-state index contributed by atoms with van der Waals surface area (Å²) < 4.78 is 5.96. The Morgan fingerprint density at radius 2 is 1.92 bits per heavy atom. The topological polar surface area (TPSA) is 93.5 Å². The van der Waals surface area contributed by atoms with Gasteiger partial charge in [0.15, 0.2) is 0 Å². The van der Waals surface area contributed by atoms with Crippen molar-refractivity contribution in [2.45, 2.75) is 31.5 Å². The van der Waals surface area contributed by atoms with Crippen LogP contribution in [0.5, 0.6) is 0 Å². The highest BCUT2D eigenvalue weighted by Crippen LogP contribution is 2.31. The molecule has 0 unspecified atom stereocenters. The van der Waals surface area contributed by atoms with Gasteiger partial charge in [-0.1, -0.05) is 30.3 Å². The zero-order chi connectivity index (χ0) is 18.5. The Labute approximate surface area is 159 Å².